The number of carbonyl (C=O) groups excluding carboxylic acids is 1. The van der Waals surface area contributed by atoms with Crippen LogP contribution in [0.3, 0.4) is 0 Å². The van der Waals surface area contributed by atoms with E-state index in [1.807, 2.05) is 6.07 Å². The highest BCUT2D eigenvalue weighted by Crippen LogP contribution is 2.42. The molecule has 1 unspecified atom stereocenters. The molecule has 1 aromatic carbocycles. The summed E-state index contributed by atoms with van der Waals surface area (Å²) in [6, 6.07) is 3.05. The van der Waals surface area contributed by atoms with Gasteiger partial charge in [0.05, 0.1) is 30.4 Å². The summed E-state index contributed by atoms with van der Waals surface area (Å²) in [7, 11) is 3.11. The van der Waals surface area contributed by atoms with E-state index >= 15 is 0 Å². The number of tetrazole rings is 1. The van der Waals surface area contributed by atoms with Crippen molar-refractivity contribution in [2.24, 2.45) is 0 Å². The van der Waals surface area contributed by atoms with Crippen molar-refractivity contribution in [1.82, 2.24) is 20.2 Å². The van der Waals surface area contributed by atoms with E-state index < -0.39 is 12.0 Å². The van der Waals surface area contributed by atoms with Gasteiger partial charge < -0.3 is 19.5 Å². The van der Waals surface area contributed by atoms with Crippen molar-refractivity contribution in [2.45, 2.75) is 32.9 Å². The number of hydrogen-bond acceptors (Lipinski definition) is 8. The van der Waals surface area contributed by atoms with E-state index in [-0.39, 0.29) is 6.10 Å². The number of esters is 1. The number of fused-ring (bicyclic) bond motifs is 1. The minimum atomic E-state index is -0.585. The second-order valence-electron chi connectivity index (χ2n) is 6.21. The van der Waals surface area contributed by atoms with Crippen LogP contribution in [0.15, 0.2) is 27.9 Å². The number of ether oxygens (including phenoxy) is 3. The highest BCUT2D eigenvalue weighted by atomic mass is 79.9. The molecule has 0 amide bonds. The fourth-order valence-electron chi connectivity index (χ4n) is 2.96. The predicted octanol–water partition coefficient (Wildman–Crippen LogP) is 2.69. The van der Waals surface area contributed by atoms with Gasteiger partial charge in [0, 0.05) is 5.70 Å². The predicted molar refractivity (Wildman–Crippen MR) is 101 cm³/mol. The molecule has 0 fully saturated rings. The standard InChI is InChI=1S/C17H20BrN5O4/c1-8(2)27-16(24)13-9(3)19-17-20-21-22-23(17)14(13)10-6-11(18)15(26-5)12(7-10)25-4/h6-8,14H,1-5H3,(H,19,20,22). The van der Waals surface area contributed by atoms with Gasteiger partial charge in [0.2, 0.25) is 5.95 Å². The van der Waals surface area contributed by atoms with Gasteiger partial charge in [-0.05, 0) is 64.8 Å². The smallest absolute Gasteiger partial charge is 0.338 e. The first kappa shape index (κ1) is 19.2. The molecule has 0 aliphatic carbocycles. The van der Waals surface area contributed by atoms with Crippen molar-refractivity contribution in [3.8, 4) is 11.5 Å². The summed E-state index contributed by atoms with van der Waals surface area (Å²) in [5, 5.41) is 14.8. The molecule has 1 aliphatic rings. The van der Waals surface area contributed by atoms with Gasteiger partial charge in [-0.2, -0.15) is 4.68 Å². The van der Waals surface area contributed by atoms with E-state index in [1.54, 1.807) is 41.1 Å². The molecule has 2 heterocycles. The molecule has 1 N–H and O–H groups in total. The molecular weight excluding hydrogens is 418 g/mol. The van der Waals surface area contributed by atoms with Gasteiger partial charge in [0.25, 0.3) is 0 Å². The summed E-state index contributed by atoms with van der Waals surface area (Å²) in [5.41, 5.74) is 1.78. The molecule has 0 saturated carbocycles. The van der Waals surface area contributed by atoms with Crippen LogP contribution >= 0.6 is 15.9 Å². The monoisotopic (exact) mass is 437 g/mol. The fourth-order valence-corrected chi connectivity index (χ4v) is 3.58. The molecule has 144 valence electrons. The van der Waals surface area contributed by atoms with Crippen LogP contribution < -0.4 is 14.8 Å². The van der Waals surface area contributed by atoms with Crippen LogP contribution in [-0.2, 0) is 9.53 Å². The van der Waals surface area contributed by atoms with Crippen molar-refractivity contribution >= 4 is 27.8 Å². The van der Waals surface area contributed by atoms with Crippen LogP contribution in [0.2, 0.25) is 0 Å². The van der Waals surface area contributed by atoms with Crippen molar-refractivity contribution in [2.75, 3.05) is 19.5 Å². The van der Waals surface area contributed by atoms with E-state index in [9.17, 15) is 4.79 Å². The summed E-state index contributed by atoms with van der Waals surface area (Å²) >= 11 is 3.49. The molecule has 3 rings (SSSR count). The lowest BCUT2D eigenvalue weighted by Gasteiger charge is -2.28. The van der Waals surface area contributed by atoms with Gasteiger partial charge in [0.15, 0.2) is 11.5 Å². The summed E-state index contributed by atoms with van der Waals surface area (Å²) in [6.45, 7) is 5.39. The zero-order chi connectivity index (χ0) is 19.7. The van der Waals surface area contributed by atoms with Crippen LogP contribution in [0.1, 0.15) is 32.4 Å². The molecule has 10 heteroatoms. The molecule has 0 bridgehead atoms. The van der Waals surface area contributed by atoms with Crippen LogP contribution in [0.25, 0.3) is 0 Å². The number of nitrogens with zero attached hydrogens (tertiary/aromatic N) is 4. The number of hydrogen-bond donors (Lipinski definition) is 1. The van der Waals surface area contributed by atoms with Crippen molar-refractivity contribution in [3.05, 3.63) is 33.4 Å². The largest absolute Gasteiger partial charge is 0.493 e. The van der Waals surface area contributed by atoms with E-state index in [0.717, 1.165) is 5.56 Å². The molecule has 1 aromatic heterocycles. The number of rotatable bonds is 5. The van der Waals surface area contributed by atoms with Crippen LogP contribution in [0.5, 0.6) is 11.5 Å². The minimum absolute atomic E-state index is 0.258. The fraction of sp³-hybridized carbons (Fsp3) is 0.412. The number of nitrogens with one attached hydrogen (secondary N) is 1. The maximum absolute atomic E-state index is 12.8. The second-order valence-corrected chi connectivity index (χ2v) is 7.06. The molecule has 0 saturated heterocycles. The Kier molecular flexibility index (Phi) is 5.36. The molecule has 0 radical (unpaired) electrons. The average Bonchev–Trinajstić information content (AvgIpc) is 3.06. The highest BCUT2D eigenvalue weighted by Gasteiger charge is 2.36. The van der Waals surface area contributed by atoms with E-state index in [1.165, 1.54) is 4.68 Å². The Hall–Kier alpha value is -2.62. The zero-order valence-electron chi connectivity index (χ0n) is 15.6. The Labute approximate surface area is 164 Å². The highest BCUT2D eigenvalue weighted by molar-refractivity contribution is 9.10. The quantitative estimate of drug-likeness (QED) is 0.712. The molecule has 9 nitrogen and oxygen atoms in total. The summed E-state index contributed by atoms with van der Waals surface area (Å²) in [4.78, 5) is 12.8. The van der Waals surface area contributed by atoms with Crippen LogP contribution in [-0.4, -0.2) is 46.5 Å². The molecule has 2 aromatic rings. The number of carbonyl (C=O) groups is 1. The summed E-state index contributed by atoms with van der Waals surface area (Å²) in [5.74, 6) is 1.07. The van der Waals surface area contributed by atoms with Gasteiger partial charge in [-0.15, -0.1) is 0 Å². The Bertz CT molecular complexity index is 909. The average molecular weight is 438 g/mol. The molecule has 1 atom stereocenters. The Morgan fingerprint density at radius 1 is 1.30 bits per heavy atom. The number of halogens is 1. The third-order valence-electron chi connectivity index (χ3n) is 4.05. The third-order valence-corrected chi connectivity index (χ3v) is 4.64. The van der Waals surface area contributed by atoms with Crippen molar-refractivity contribution in [3.63, 3.8) is 0 Å². The van der Waals surface area contributed by atoms with Crippen LogP contribution in [0, 0.1) is 0 Å². The number of aromatic nitrogens is 4. The summed E-state index contributed by atoms with van der Waals surface area (Å²) in [6.07, 6.45) is -0.258. The van der Waals surface area contributed by atoms with Gasteiger partial charge in [-0.1, -0.05) is 5.10 Å². The number of anilines is 1. The Morgan fingerprint density at radius 3 is 2.67 bits per heavy atom. The lowest BCUT2D eigenvalue weighted by Crippen LogP contribution is -2.30. The molecular formula is C17H20BrN5O4. The number of benzene rings is 1. The van der Waals surface area contributed by atoms with Gasteiger partial charge in [0.1, 0.15) is 6.04 Å². The molecule has 0 spiro atoms. The first-order valence-electron chi connectivity index (χ1n) is 8.25. The van der Waals surface area contributed by atoms with E-state index in [4.69, 9.17) is 14.2 Å². The third kappa shape index (κ3) is 3.48. The lowest BCUT2D eigenvalue weighted by molar-refractivity contribution is -0.143. The SMILES string of the molecule is COc1cc(C2C(C(=O)OC(C)C)=C(C)Nc3nnnn32)cc(Br)c1OC. The van der Waals surface area contributed by atoms with E-state index in [0.29, 0.717) is 33.2 Å². The Morgan fingerprint density at radius 2 is 2.04 bits per heavy atom. The van der Waals surface area contributed by atoms with Gasteiger partial charge in [-0.25, -0.2) is 4.79 Å². The normalized spacial score (nSPS) is 16.0. The first-order valence-corrected chi connectivity index (χ1v) is 9.04. The maximum atomic E-state index is 12.8. The van der Waals surface area contributed by atoms with Gasteiger partial charge >= 0.3 is 5.97 Å². The second kappa shape index (κ2) is 7.55. The Balaban J connectivity index is 2.18. The first-order chi connectivity index (χ1) is 12.9. The lowest BCUT2D eigenvalue weighted by atomic mass is 9.95. The number of methoxy groups -OCH3 is 2. The van der Waals surface area contributed by atoms with E-state index in [2.05, 4.69) is 36.8 Å². The van der Waals surface area contributed by atoms with Crippen molar-refractivity contribution in [1.29, 1.82) is 0 Å². The van der Waals surface area contributed by atoms with Gasteiger partial charge in [-0.3, -0.25) is 0 Å². The van der Waals surface area contributed by atoms with Crippen molar-refractivity contribution < 1.29 is 19.0 Å². The molecule has 27 heavy (non-hydrogen) atoms. The number of allylic oxidation sites excluding steroid dienone is 1. The summed E-state index contributed by atoms with van der Waals surface area (Å²) < 4.78 is 18.5. The molecule has 1 aliphatic heterocycles. The zero-order valence-corrected chi connectivity index (χ0v) is 17.2. The maximum Gasteiger partial charge on any atom is 0.338 e. The minimum Gasteiger partial charge on any atom is -0.493 e. The van der Waals surface area contributed by atoms with Crippen LogP contribution in [0.4, 0.5) is 5.95 Å². The topological polar surface area (TPSA) is 100 Å².